The molecule has 1 amide bonds. The lowest BCUT2D eigenvalue weighted by Crippen LogP contribution is -2.24. The molecule has 0 aliphatic heterocycles. The van der Waals surface area contributed by atoms with Crippen molar-refractivity contribution in [1.29, 1.82) is 0 Å². The fraction of sp³-hybridized carbons (Fsp3) is 0.682. The summed E-state index contributed by atoms with van der Waals surface area (Å²) in [4.78, 5) is 12.0. The molecule has 0 heterocycles. The van der Waals surface area contributed by atoms with E-state index in [1.807, 2.05) is 12.1 Å². The minimum atomic E-state index is 0.00530. The quantitative estimate of drug-likeness (QED) is 0.388. The smallest absolute Gasteiger partial charge is 0.251 e. The first-order valence-corrected chi connectivity index (χ1v) is 10.2. The molecule has 0 aromatic heterocycles. The van der Waals surface area contributed by atoms with E-state index in [4.69, 9.17) is 4.74 Å². The van der Waals surface area contributed by atoms with Crippen molar-refractivity contribution in [3.8, 4) is 5.75 Å². The minimum absolute atomic E-state index is 0.00530. The van der Waals surface area contributed by atoms with Crippen LogP contribution in [-0.4, -0.2) is 19.6 Å². The molecular weight excluding hydrogens is 310 g/mol. The Bertz CT molecular complexity index is 442. The van der Waals surface area contributed by atoms with Crippen LogP contribution in [0, 0.1) is 0 Å². The SMILES string of the molecule is CCCCCCCCCCCCCCNC(=O)c1ccc(OC)cc1. The van der Waals surface area contributed by atoms with Crippen LogP contribution in [-0.2, 0) is 0 Å². The summed E-state index contributed by atoms with van der Waals surface area (Å²) in [6, 6.07) is 7.24. The van der Waals surface area contributed by atoms with Crippen LogP contribution in [0.5, 0.6) is 5.75 Å². The first-order valence-electron chi connectivity index (χ1n) is 10.2. The molecule has 0 unspecified atom stereocenters. The molecular formula is C22H37NO2. The maximum atomic E-state index is 12.0. The van der Waals surface area contributed by atoms with E-state index < -0.39 is 0 Å². The zero-order valence-corrected chi connectivity index (χ0v) is 16.3. The second-order valence-corrected chi connectivity index (χ2v) is 6.87. The Kier molecular flexibility index (Phi) is 12.7. The molecule has 0 saturated carbocycles. The van der Waals surface area contributed by atoms with Crippen molar-refractivity contribution in [3.63, 3.8) is 0 Å². The third kappa shape index (κ3) is 10.9. The highest BCUT2D eigenvalue weighted by Crippen LogP contribution is 2.12. The fourth-order valence-corrected chi connectivity index (χ4v) is 3.01. The molecule has 0 radical (unpaired) electrons. The first-order chi connectivity index (χ1) is 12.3. The highest BCUT2D eigenvalue weighted by molar-refractivity contribution is 5.94. The summed E-state index contributed by atoms with van der Waals surface area (Å²) < 4.78 is 5.10. The molecule has 0 aliphatic rings. The number of benzene rings is 1. The number of methoxy groups -OCH3 is 1. The lowest BCUT2D eigenvalue weighted by atomic mass is 10.1. The molecule has 0 fully saturated rings. The molecule has 0 atom stereocenters. The van der Waals surface area contributed by atoms with Crippen LogP contribution in [0.2, 0.25) is 0 Å². The lowest BCUT2D eigenvalue weighted by Gasteiger charge is -2.06. The Morgan fingerprint density at radius 3 is 1.76 bits per heavy atom. The standard InChI is InChI=1S/C22H37NO2/c1-3-4-5-6-7-8-9-10-11-12-13-14-19-23-22(24)20-15-17-21(25-2)18-16-20/h15-18H,3-14,19H2,1-2H3,(H,23,24). The minimum Gasteiger partial charge on any atom is -0.497 e. The molecule has 3 nitrogen and oxygen atoms in total. The van der Waals surface area contributed by atoms with E-state index in [0.29, 0.717) is 5.56 Å². The van der Waals surface area contributed by atoms with Crippen molar-refractivity contribution >= 4 is 5.91 Å². The van der Waals surface area contributed by atoms with Crippen LogP contribution in [0.1, 0.15) is 94.3 Å². The van der Waals surface area contributed by atoms with Gasteiger partial charge >= 0.3 is 0 Å². The van der Waals surface area contributed by atoms with Crippen molar-refractivity contribution in [2.45, 2.75) is 84.0 Å². The number of amides is 1. The van der Waals surface area contributed by atoms with Gasteiger partial charge in [0.1, 0.15) is 5.75 Å². The predicted octanol–water partition coefficient (Wildman–Crippen LogP) is 6.13. The molecule has 1 aromatic rings. The molecule has 1 aromatic carbocycles. The van der Waals surface area contributed by atoms with Crippen molar-refractivity contribution < 1.29 is 9.53 Å². The Morgan fingerprint density at radius 2 is 1.28 bits per heavy atom. The maximum absolute atomic E-state index is 12.0. The molecule has 0 aliphatic carbocycles. The summed E-state index contributed by atoms with van der Waals surface area (Å²) in [6.07, 6.45) is 16.0. The third-order valence-electron chi connectivity index (χ3n) is 4.67. The fourth-order valence-electron chi connectivity index (χ4n) is 3.01. The molecule has 1 rings (SSSR count). The van der Waals surface area contributed by atoms with E-state index >= 15 is 0 Å². The monoisotopic (exact) mass is 347 g/mol. The van der Waals surface area contributed by atoms with Gasteiger partial charge in [-0.2, -0.15) is 0 Å². The van der Waals surface area contributed by atoms with Gasteiger partial charge in [0.2, 0.25) is 0 Å². The second-order valence-electron chi connectivity index (χ2n) is 6.87. The summed E-state index contributed by atoms with van der Waals surface area (Å²) in [7, 11) is 1.63. The molecule has 0 saturated heterocycles. The van der Waals surface area contributed by atoms with Gasteiger partial charge in [-0.25, -0.2) is 0 Å². The van der Waals surface area contributed by atoms with Gasteiger partial charge in [-0.1, -0.05) is 77.6 Å². The van der Waals surface area contributed by atoms with Crippen LogP contribution in [0.3, 0.4) is 0 Å². The Morgan fingerprint density at radius 1 is 0.800 bits per heavy atom. The largest absolute Gasteiger partial charge is 0.497 e. The zero-order chi connectivity index (χ0) is 18.2. The maximum Gasteiger partial charge on any atom is 0.251 e. The topological polar surface area (TPSA) is 38.3 Å². The summed E-state index contributed by atoms with van der Waals surface area (Å²) in [5.41, 5.74) is 0.694. The molecule has 1 N–H and O–H groups in total. The molecule has 3 heteroatoms. The molecule has 0 bridgehead atoms. The lowest BCUT2D eigenvalue weighted by molar-refractivity contribution is 0.0953. The van der Waals surface area contributed by atoms with Crippen LogP contribution >= 0.6 is 0 Å². The summed E-state index contributed by atoms with van der Waals surface area (Å²) in [5.74, 6) is 0.781. The average molecular weight is 348 g/mol. The predicted molar refractivity (Wildman–Crippen MR) is 106 cm³/mol. The Hall–Kier alpha value is -1.51. The van der Waals surface area contributed by atoms with Crippen molar-refractivity contribution in [2.24, 2.45) is 0 Å². The number of rotatable bonds is 15. The van der Waals surface area contributed by atoms with Gasteiger partial charge in [-0.3, -0.25) is 4.79 Å². The van der Waals surface area contributed by atoms with Gasteiger partial charge in [-0.15, -0.1) is 0 Å². The van der Waals surface area contributed by atoms with Gasteiger partial charge < -0.3 is 10.1 Å². The number of nitrogens with one attached hydrogen (secondary N) is 1. The summed E-state index contributed by atoms with van der Waals surface area (Å²) >= 11 is 0. The summed E-state index contributed by atoms with van der Waals surface area (Å²) in [5, 5.41) is 2.99. The van der Waals surface area contributed by atoms with E-state index in [0.717, 1.165) is 18.7 Å². The number of unbranched alkanes of at least 4 members (excludes halogenated alkanes) is 11. The van der Waals surface area contributed by atoms with E-state index in [1.165, 1.54) is 70.6 Å². The van der Waals surface area contributed by atoms with Gasteiger partial charge in [-0.05, 0) is 30.7 Å². The van der Waals surface area contributed by atoms with E-state index in [2.05, 4.69) is 12.2 Å². The number of carbonyl (C=O) groups excluding carboxylic acids is 1. The van der Waals surface area contributed by atoms with Crippen LogP contribution in [0.4, 0.5) is 0 Å². The van der Waals surface area contributed by atoms with Crippen LogP contribution in [0.25, 0.3) is 0 Å². The first kappa shape index (κ1) is 21.5. The van der Waals surface area contributed by atoms with Crippen molar-refractivity contribution in [1.82, 2.24) is 5.32 Å². The summed E-state index contributed by atoms with van der Waals surface area (Å²) in [6.45, 7) is 3.03. The van der Waals surface area contributed by atoms with E-state index in [1.54, 1.807) is 19.2 Å². The highest BCUT2D eigenvalue weighted by atomic mass is 16.5. The van der Waals surface area contributed by atoms with Gasteiger partial charge in [0, 0.05) is 12.1 Å². The normalized spacial score (nSPS) is 10.6. The van der Waals surface area contributed by atoms with Crippen molar-refractivity contribution in [2.75, 3.05) is 13.7 Å². The number of carbonyl (C=O) groups is 1. The van der Waals surface area contributed by atoms with E-state index in [-0.39, 0.29) is 5.91 Å². The zero-order valence-electron chi connectivity index (χ0n) is 16.3. The number of hydrogen-bond donors (Lipinski definition) is 1. The van der Waals surface area contributed by atoms with Crippen LogP contribution in [0.15, 0.2) is 24.3 Å². The van der Waals surface area contributed by atoms with Crippen LogP contribution < -0.4 is 10.1 Å². The van der Waals surface area contributed by atoms with Gasteiger partial charge in [0.15, 0.2) is 0 Å². The number of hydrogen-bond acceptors (Lipinski definition) is 2. The average Bonchev–Trinajstić information content (AvgIpc) is 2.65. The Labute approximate surface area is 154 Å². The van der Waals surface area contributed by atoms with Gasteiger partial charge in [0.25, 0.3) is 5.91 Å². The second kappa shape index (κ2) is 14.8. The Balaban J connectivity index is 1.90. The molecule has 142 valence electrons. The molecule has 25 heavy (non-hydrogen) atoms. The molecule has 0 spiro atoms. The third-order valence-corrected chi connectivity index (χ3v) is 4.67. The van der Waals surface area contributed by atoms with Crippen molar-refractivity contribution in [3.05, 3.63) is 29.8 Å². The van der Waals surface area contributed by atoms with E-state index in [9.17, 15) is 4.79 Å². The highest BCUT2D eigenvalue weighted by Gasteiger charge is 2.04. The number of ether oxygens (including phenoxy) is 1. The van der Waals surface area contributed by atoms with Gasteiger partial charge in [0.05, 0.1) is 7.11 Å².